The molecular formula is C23H32N4O3S2. The lowest BCUT2D eigenvalue weighted by Crippen LogP contribution is -2.19. The Morgan fingerprint density at radius 2 is 1.94 bits per heavy atom. The Morgan fingerprint density at radius 1 is 1.19 bits per heavy atom. The number of thiophene rings is 1. The van der Waals surface area contributed by atoms with Crippen molar-refractivity contribution in [2.45, 2.75) is 95.9 Å². The van der Waals surface area contributed by atoms with Crippen molar-refractivity contribution in [2.24, 2.45) is 0 Å². The standard InChI is InChI=1S/C23H32N4O3S2/c1-4-27-20(15-9-5-6-10-15)25-26-23(27)31-13-18(28)24-21-19(22(29)30-14(2)3)16-11-7-8-12-17(16)32-21/h14-15H,4-13H2,1-3H3,(H,24,28). The highest BCUT2D eigenvalue weighted by Gasteiger charge is 2.28. The summed E-state index contributed by atoms with van der Waals surface area (Å²) in [6.45, 7) is 6.57. The number of thioether (sulfide) groups is 1. The monoisotopic (exact) mass is 476 g/mol. The summed E-state index contributed by atoms with van der Waals surface area (Å²) in [5.41, 5.74) is 1.61. The quantitative estimate of drug-likeness (QED) is 0.417. The van der Waals surface area contributed by atoms with Crippen LogP contribution in [-0.2, 0) is 28.9 Å². The molecule has 0 aromatic carbocycles. The first-order chi connectivity index (χ1) is 15.5. The van der Waals surface area contributed by atoms with Gasteiger partial charge in [-0.25, -0.2) is 4.79 Å². The average molecular weight is 477 g/mol. The van der Waals surface area contributed by atoms with Crippen molar-refractivity contribution in [3.63, 3.8) is 0 Å². The van der Waals surface area contributed by atoms with Gasteiger partial charge in [0.15, 0.2) is 5.16 Å². The molecule has 2 aromatic rings. The zero-order valence-corrected chi connectivity index (χ0v) is 20.7. The number of carbonyl (C=O) groups excluding carboxylic acids is 2. The zero-order chi connectivity index (χ0) is 22.7. The Bertz CT molecular complexity index is 976. The highest BCUT2D eigenvalue weighted by Crippen LogP contribution is 2.39. The van der Waals surface area contributed by atoms with Crippen LogP contribution in [0.5, 0.6) is 0 Å². The van der Waals surface area contributed by atoms with E-state index >= 15 is 0 Å². The summed E-state index contributed by atoms with van der Waals surface area (Å²) >= 11 is 2.92. The maximum absolute atomic E-state index is 12.8. The number of esters is 1. The van der Waals surface area contributed by atoms with Crippen molar-refractivity contribution in [3.8, 4) is 0 Å². The Morgan fingerprint density at radius 3 is 2.66 bits per heavy atom. The summed E-state index contributed by atoms with van der Waals surface area (Å²) in [6.07, 6.45) is 8.63. The Balaban J connectivity index is 1.46. The predicted octanol–water partition coefficient (Wildman–Crippen LogP) is 5.19. The van der Waals surface area contributed by atoms with Gasteiger partial charge in [-0.15, -0.1) is 21.5 Å². The first-order valence-corrected chi connectivity index (χ1v) is 13.5. The second-order valence-corrected chi connectivity index (χ2v) is 10.8. The van der Waals surface area contributed by atoms with Crippen LogP contribution in [0.4, 0.5) is 5.00 Å². The number of carbonyl (C=O) groups is 2. The number of ether oxygens (including phenoxy) is 1. The van der Waals surface area contributed by atoms with E-state index in [-0.39, 0.29) is 23.7 Å². The van der Waals surface area contributed by atoms with Crippen molar-refractivity contribution in [3.05, 3.63) is 21.8 Å². The van der Waals surface area contributed by atoms with Crippen LogP contribution < -0.4 is 5.32 Å². The highest BCUT2D eigenvalue weighted by molar-refractivity contribution is 7.99. The molecule has 0 unspecified atom stereocenters. The minimum atomic E-state index is -0.339. The molecular weight excluding hydrogens is 444 g/mol. The molecule has 32 heavy (non-hydrogen) atoms. The third kappa shape index (κ3) is 5.03. The van der Waals surface area contributed by atoms with Crippen LogP contribution in [0.25, 0.3) is 0 Å². The molecule has 2 heterocycles. The first kappa shape index (κ1) is 23.3. The molecule has 2 aromatic heterocycles. The normalized spacial score (nSPS) is 16.4. The maximum Gasteiger partial charge on any atom is 0.341 e. The van der Waals surface area contributed by atoms with Gasteiger partial charge >= 0.3 is 5.97 Å². The second-order valence-electron chi connectivity index (χ2n) is 8.77. The van der Waals surface area contributed by atoms with Crippen molar-refractivity contribution >= 4 is 40.0 Å². The molecule has 1 fully saturated rings. The molecule has 2 aliphatic rings. The number of rotatable bonds is 8. The largest absolute Gasteiger partial charge is 0.459 e. The lowest BCUT2D eigenvalue weighted by atomic mass is 9.95. The van der Waals surface area contributed by atoms with Gasteiger partial charge in [0.1, 0.15) is 10.8 Å². The van der Waals surface area contributed by atoms with E-state index in [1.165, 1.54) is 53.7 Å². The number of nitrogens with zero attached hydrogens (tertiary/aromatic N) is 3. The summed E-state index contributed by atoms with van der Waals surface area (Å²) in [4.78, 5) is 26.8. The Kier molecular flexibility index (Phi) is 7.55. The number of anilines is 1. The van der Waals surface area contributed by atoms with E-state index in [0.29, 0.717) is 16.5 Å². The lowest BCUT2D eigenvalue weighted by molar-refractivity contribution is -0.113. The smallest absolute Gasteiger partial charge is 0.341 e. The van der Waals surface area contributed by atoms with Crippen LogP contribution in [0, 0.1) is 0 Å². The number of hydrogen-bond donors (Lipinski definition) is 1. The molecule has 174 valence electrons. The molecule has 0 aliphatic heterocycles. The SMILES string of the molecule is CCn1c(SCC(=O)Nc2sc3c(c2C(=O)OC(C)C)CCCC3)nnc1C1CCCC1. The average Bonchev–Trinajstić information content (AvgIpc) is 3.48. The van der Waals surface area contributed by atoms with E-state index in [4.69, 9.17) is 4.74 Å². The van der Waals surface area contributed by atoms with E-state index in [1.807, 2.05) is 13.8 Å². The second kappa shape index (κ2) is 10.4. The molecule has 1 N–H and O–H groups in total. The van der Waals surface area contributed by atoms with Crippen molar-refractivity contribution in [1.82, 2.24) is 14.8 Å². The fraction of sp³-hybridized carbons (Fsp3) is 0.652. The van der Waals surface area contributed by atoms with E-state index < -0.39 is 0 Å². The van der Waals surface area contributed by atoms with E-state index in [0.717, 1.165) is 48.8 Å². The van der Waals surface area contributed by atoms with Gasteiger partial charge in [0.25, 0.3) is 0 Å². The molecule has 1 saturated carbocycles. The Hall–Kier alpha value is -1.87. The van der Waals surface area contributed by atoms with Crippen molar-refractivity contribution in [1.29, 1.82) is 0 Å². The van der Waals surface area contributed by atoms with E-state index in [1.54, 1.807) is 0 Å². The van der Waals surface area contributed by atoms with Gasteiger partial charge in [-0.2, -0.15) is 0 Å². The number of amides is 1. The van der Waals surface area contributed by atoms with E-state index in [9.17, 15) is 9.59 Å². The van der Waals surface area contributed by atoms with E-state index in [2.05, 4.69) is 27.0 Å². The maximum atomic E-state index is 12.8. The number of aromatic nitrogens is 3. The van der Waals surface area contributed by atoms with Crippen LogP contribution in [0.3, 0.4) is 0 Å². The summed E-state index contributed by atoms with van der Waals surface area (Å²) < 4.78 is 7.63. The summed E-state index contributed by atoms with van der Waals surface area (Å²) in [5.74, 6) is 1.29. The van der Waals surface area contributed by atoms with Crippen LogP contribution in [-0.4, -0.2) is 38.5 Å². The number of aryl methyl sites for hydroxylation is 1. The molecule has 2 aliphatic carbocycles. The molecule has 7 nitrogen and oxygen atoms in total. The van der Waals surface area contributed by atoms with Crippen LogP contribution in [0.15, 0.2) is 5.16 Å². The van der Waals surface area contributed by atoms with Crippen LogP contribution >= 0.6 is 23.1 Å². The molecule has 4 rings (SSSR count). The van der Waals surface area contributed by atoms with Gasteiger partial charge in [0.05, 0.1) is 17.4 Å². The van der Waals surface area contributed by atoms with Gasteiger partial charge in [0.2, 0.25) is 5.91 Å². The molecule has 0 radical (unpaired) electrons. The third-order valence-electron chi connectivity index (χ3n) is 6.09. The topological polar surface area (TPSA) is 86.1 Å². The highest BCUT2D eigenvalue weighted by atomic mass is 32.2. The minimum Gasteiger partial charge on any atom is -0.459 e. The molecule has 0 bridgehead atoms. The van der Waals surface area contributed by atoms with Crippen molar-refractivity contribution < 1.29 is 14.3 Å². The zero-order valence-electron chi connectivity index (χ0n) is 19.1. The van der Waals surface area contributed by atoms with Crippen LogP contribution in [0.2, 0.25) is 0 Å². The fourth-order valence-electron chi connectivity index (χ4n) is 4.63. The van der Waals surface area contributed by atoms with Gasteiger partial charge < -0.3 is 14.6 Å². The van der Waals surface area contributed by atoms with Crippen LogP contribution in [0.1, 0.15) is 91.8 Å². The summed E-state index contributed by atoms with van der Waals surface area (Å²) in [7, 11) is 0. The lowest BCUT2D eigenvalue weighted by Gasteiger charge is -2.14. The first-order valence-electron chi connectivity index (χ1n) is 11.7. The third-order valence-corrected chi connectivity index (χ3v) is 8.26. The minimum absolute atomic E-state index is 0.139. The van der Waals surface area contributed by atoms with Gasteiger partial charge in [0, 0.05) is 17.3 Å². The molecule has 1 amide bonds. The molecule has 9 heteroatoms. The summed E-state index contributed by atoms with van der Waals surface area (Å²) in [6, 6.07) is 0. The van der Waals surface area contributed by atoms with Gasteiger partial charge in [-0.3, -0.25) is 4.79 Å². The number of fused-ring (bicyclic) bond motifs is 1. The van der Waals surface area contributed by atoms with Gasteiger partial charge in [-0.05, 0) is 64.9 Å². The number of hydrogen-bond acceptors (Lipinski definition) is 7. The number of nitrogens with one attached hydrogen (secondary N) is 1. The fourth-order valence-corrected chi connectivity index (χ4v) is 6.73. The molecule has 0 atom stereocenters. The van der Waals surface area contributed by atoms with Gasteiger partial charge in [-0.1, -0.05) is 24.6 Å². The summed E-state index contributed by atoms with van der Waals surface area (Å²) in [5, 5.41) is 13.2. The molecule has 0 saturated heterocycles. The molecule has 0 spiro atoms. The Labute approximate surface area is 197 Å². The van der Waals surface area contributed by atoms with Crippen molar-refractivity contribution in [2.75, 3.05) is 11.1 Å². The predicted molar refractivity (Wildman–Crippen MR) is 128 cm³/mol.